The zero-order valence-corrected chi connectivity index (χ0v) is 10.5. The molecule has 0 saturated heterocycles. The van der Waals surface area contributed by atoms with Gasteiger partial charge in [0.05, 0.1) is 16.7 Å². The van der Waals surface area contributed by atoms with Gasteiger partial charge in [-0.2, -0.15) is 0 Å². The molecule has 0 atom stereocenters. The molecule has 0 saturated carbocycles. The molecular weight excluding hydrogens is 222 g/mol. The lowest BCUT2D eigenvalue weighted by Crippen LogP contribution is -1.99. The molecule has 0 radical (unpaired) electrons. The molecule has 90 valence electrons. The number of nitrogen functional groups attached to an aromatic ring is 1. The van der Waals surface area contributed by atoms with Gasteiger partial charge in [-0.05, 0) is 43.7 Å². The molecule has 0 bridgehead atoms. The number of hydrogen-bond acceptors (Lipinski definition) is 2. The largest absolute Gasteiger partial charge is 0.399 e. The molecule has 3 heteroatoms. The number of hydrogen-bond donors (Lipinski definition) is 1. The van der Waals surface area contributed by atoms with E-state index >= 15 is 0 Å². The molecule has 3 nitrogen and oxygen atoms in total. The number of rotatable bonds is 1. The van der Waals surface area contributed by atoms with Crippen LogP contribution in [0.2, 0.25) is 0 Å². The van der Waals surface area contributed by atoms with Crippen molar-refractivity contribution in [1.29, 1.82) is 0 Å². The Morgan fingerprint density at radius 3 is 2.61 bits per heavy atom. The molecule has 0 amide bonds. The zero-order chi connectivity index (χ0) is 12.7. The van der Waals surface area contributed by atoms with Gasteiger partial charge >= 0.3 is 0 Å². The summed E-state index contributed by atoms with van der Waals surface area (Å²) >= 11 is 0. The first-order valence-corrected chi connectivity index (χ1v) is 5.97. The summed E-state index contributed by atoms with van der Waals surface area (Å²) in [6.07, 6.45) is 0. The Hall–Kier alpha value is -2.29. The highest BCUT2D eigenvalue weighted by Crippen LogP contribution is 2.24. The fourth-order valence-electron chi connectivity index (χ4n) is 2.34. The fraction of sp³-hybridized carbons (Fsp3) is 0.133. The van der Waals surface area contributed by atoms with Crippen LogP contribution in [-0.4, -0.2) is 9.55 Å². The molecule has 0 aliphatic carbocycles. The minimum atomic E-state index is 0.747. The van der Waals surface area contributed by atoms with Crippen LogP contribution >= 0.6 is 0 Å². The first-order chi connectivity index (χ1) is 8.66. The molecule has 1 heterocycles. The summed E-state index contributed by atoms with van der Waals surface area (Å²) < 4.78 is 2.17. The number of fused-ring (bicyclic) bond motifs is 1. The van der Waals surface area contributed by atoms with Crippen LogP contribution in [0.4, 0.5) is 5.69 Å². The van der Waals surface area contributed by atoms with Crippen LogP contribution in [0.5, 0.6) is 0 Å². The Kier molecular flexibility index (Phi) is 2.33. The van der Waals surface area contributed by atoms with Crippen molar-refractivity contribution in [2.24, 2.45) is 0 Å². The van der Waals surface area contributed by atoms with Gasteiger partial charge in [0.15, 0.2) is 0 Å². The highest BCUT2D eigenvalue weighted by atomic mass is 15.1. The number of para-hydroxylation sites is 1. The van der Waals surface area contributed by atoms with Gasteiger partial charge in [0.25, 0.3) is 0 Å². The molecule has 2 N–H and O–H groups in total. The van der Waals surface area contributed by atoms with Crippen LogP contribution in [0.3, 0.4) is 0 Å². The molecule has 1 aromatic heterocycles. The van der Waals surface area contributed by atoms with E-state index in [-0.39, 0.29) is 0 Å². The Labute approximate surface area is 106 Å². The van der Waals surface area contributed by atoms with Crippen LogP contribution < -0.4 is 5.73 Å². The topological polar surface area (TPSA) is 43.8 Å². The molecule has 3 aromatic rings. The lowest BCUT2D eigenvalue weighted by atomic mass is 10.2. The smallest absolute Gasteiger partial charge is 0.111 e. The van der Waals surface area contributed by atoms with Gasteiger partial charge in [-0.15, -0.1) is 0 Å². The van der Waals surface area contributed by atoms with Crippen molar-refractivity contribution in [3.63, 3.8) is 0 Å². The number of aromatic nitrogens is 2. The third-order valence-corrected chi connectivity index (χ3v) is 3.20. The average molecular weight is 237 g/mol. The number of anilines is 1. The first kappa shape index (κ1) is 10.8. The molecule has 0 fully saturated rings. The van der Waals surface area contributed by atoms with Gasteiger partial charge in [0.1, 0.15) is 5.82 Å². The normalized spacial score (nSPS) is 11.0. The minimum Gasteiger partial charge on any atom is -0.399 e. The zero-order valence-electron chi connectivity index (χ0n) is 10.5. The van der Waals surface area contributed by atoms with Crippen molar-refractivity contribution in [2.75, 3.05) is 5.73 Å². The van der Waals surface area contributed by atoms with Crippen LogP contribution in [0, 0.1) is 13.8 Å². The van der Waals surface area contributed by atoms with Crippen LogP contribution in [-0.2, 0) is 0 Å². The van der Waals surface area contributed by atoms with Crippen LogP contribution in [0.1, 0.15) is 11.4 Å². The van der Waals surface area contributed by atoms with E-state index in [2.05, 4.69) is 28.6 Å². The number of nitrogens with zero attached hydrogens (tertiary/aromatic N) is 2. The summed E-state index contributed by atoms with van der Waals surface area (Å²) in [6.45, 7) is 4.13. The van der Waals surface area contributed by atoms with Crippen molar-refractivity contribution >= 4 is 16.7 Å². The third-order valence-electron chi connectivity index (χ3n) is 3.20. The second-order valence-electron chi connectivity index (χ2n) is 4.53. The van der Waals surface area contributed by atoms with Gasteiger partial charge < -0.3 is 5.73 Å². The molecule has 0 unspecified atom stereocenters. The van der Waals surface area contributed by atoms with E-state index in [0.29, 0.717) is 0 Å². The van der Waals surface area contributed by atoms with Gasteiger partial charge in [-0.25, -0.2) is 4.98 Å². The maximum Gasteiger partial charge on any atom is 0.111 e. The second-order valence-corrected chi connectivity index (χ2v) is 4.53. The summed E-state index contributed by atoms with van der Waals surface area (Å²) in [5.41, 5.74) is 11.0. The number of imidazole rings is 1. The van der Waals surface area contributed by atoms with Crippen molar-refractivity contribution < 1.29 is 0 Å². The molecule has 2 aromatic carbocycles. The van der Waals surface area contributed by atoms with Crippen molar-refractivity contribution in [2.45, 2.75) is 13.8 Å². The van der Waals surface area contributed by atoms with Gasteiger partial charge in [0.2, 0.25) is 0 Å². The summed E-state index contributed by atoms with van der Waals surface area (Å²) in [5.74, 6) is 0.977. The SMILES string of the molecule is Cc1ccccc1-n1c(C)nc2cc(N)ccc21. The monoisotopic (exact) mass is 237 g/mol. The Morgan fingerprint density at radius 2 is 1.83 bits per heavy atom. The number of nitrogens with two attached hydrogens (primary N) is 1. The molecule has 0 aliphatic rings. The van der Waals surface area contributed by atoms with Gasteiger partial charge in [-0.1, -0.05) is 18.2 Å². The lowest BCUT2D eigenvalue weighted by Gasteiger charge is -2.09. The predicted octanol–water partition coefficient (Wildman–Crippen LogP) is 3.22. The van der Waals surface area contributed by atoms with E-state index in [4.69, 9.17) is 5.73 Å². The van der Waals surface area contributed by atoms with E-state index < -0.39 is 0 Å². The maximum atomic E-state index is 5.80. The van der Waals surface area contributed by atoms with Gasteiger partial charge in [-0.3, -0.25) is 4.57 Å². The maximum absolute atomic E-state index is 5.80. The Balaban J connectivity index is 2.36. The fourth-order valence-corrected chi connectivity index (χ4v) is 2.34. The summed E-state index contributed by atoms with van der Waals surface area (Å²) in [6, 6.07) is 14.2. The van der Waals surface area contributed by atoms with E-state index in [1.54, 1.807) is 0 Å². The van der Waals surface area contributed by atoms with Crippen molar-refractivity contribution in [1.82, 2.24) is 9.55 Å². The number of aryl methyl sites for hydroxylation is 2. The summed E-state index contributed by atoms with van der Waals surface area (Å²) in [4.78, 5) is 4.57. The number of benzene rings is 2. The summed E-state index contributed by atoms with van der Waals surface area (Å²) in [7, 11) is 0. The van der Waals surface area contributed by atoms with E-state index in [0.717, 1.165) is 22.5 Å². The average Bonchev–Trinajstić information content (AvgIpc) is 2.65. The predicted molar refractivity (Wildman–Crippen MR) is 75.0 cm³/mol. The van der Waals surface area contributed by atoms with Crippen molar-refractivity contribution in [3.05, 3.63) is 53.9 Å². The standard InChI is InChI=1S/C15H15N3/c1-10-5-3-4-6-14(10)18-11(2)17-13-9-12(16)7-8-15(13)18/h3-9H,16H2,1-2H3. The quantitative estimate of drug-likeness (QED) is 0.660. The van der Waals surface area contributed by atoms with E-state index in [1.807, 2.05) is 37.3 Å². The van der Waals surface area contributed by atoms with Crippen molar-refractivity contribution in [3.8, 4) is 5.69 Å². The molecule has 3 rings (SSSR count). The highest BCUT2D eigenvalue weighted by molar-refractivity contribution is 5.81. The van der Waals surface area contributed by atoms with Crippen LogP contribution in [0.25, 0.3) is 16.7 Å². The molecular formula is C15H15N3. The Morgan fingerprint density at radius 1 is 1.06 bits per heavy atom. The van der Waals surface area contributed by atoms with Gasteiger partial charge in [0, 0.05) is 5.69 Å². The molecule has 0 spiro atoms. The lowest BCUT2D eigenvalue weighted by molar-refractivity contribution is 0.990. The second kappa shape index (κ2) is 3.88. The Bertz CT molecular complexity index is 726. The molecule has 18 heavy (non-hydrogen) atoms. The van der Waals surface area contributed by atoms with E-state index in [1.165, 1.54) is 11.3 Å². The van der Waals surface area contributed by atoms with E-state index in [9.17, 15) is 0 Å². The minimum absolute atomic E-state index is 0.747. The van der Waals surface area contributed by atoms with Crippen LogP contribution in [0.15, 0.2) is 42.5 Å². The summed E-state index contributed by atoms with van der Waals surface area (Å²) in [5, 5.41) is 0. The molecule has 0 aliphatic heterocycles. The highest BCUT2D eigenvalue weighted by Gasteiger charge is 2.10. The third kappa shape index (κ3) is 1.56. The first-order valence-electron chi connectivity index (χ1n) is 5.97.